The Balaban J connectivity index is 1.76. The highest BCUT2D eigenvalue weighted by molar-refractivity contribution is 5.94. The van der Waals surface area contributed by atoms with Crippen LogP contribution in [0, 0.1) is 0 Å². The molecule has 7 heteroatoms. The van der Waals surface area contributed by atoms with E-state index < -0.39 is 11.7 Å². The third-order valence-corrected chi connectivity index (χ3v) is 4.63. The molecule has 0 aliphatic carbocycles. The number of alkyl halides is 3. The predicted molar refractivity (Wildman–Crippen MR) is 98.7 cm³/mol. The maximum Gasteiger partial charge on any atom is 0.416 e. The summed E-state index contributed by atoms with van der Waals surface area (Å²) in [6.07, 6.45) is 0.894. The van der Waals surface area contributed by atoms with Crippen LogP contribution >= 0.6 is 0 Å². The number of rotatable bonds is 5. The monoisotopic (exact) mass is 377 g/mol. The van der Waals surface area contributed by atoms with Gasteiger partial charge in [0.15, 0.2) is 0 Å². The molecule has 27 heavy (non-hydrogen) atoms. The maximum atomic E-state index is 13.1. The summed E-state index contributed by atoms with van der Waals surface area (Å²) in [6.45, 7) is 1.56. The molecular formula is C20H22F3N3O. The lowest BCUT2D eigenvalue weighted by Gasteiger charge is -2.31. The molecule has 2 aromatic rings. The van der Waals surface area contributed by atoms with E-state index >= 15 is 0 Å². The zero-order valence-electron chi connectivity index (χ0n) is 14.9. The summed E-state index contributed by atoms with van der Waals surface area (Å²) < 4.78 is 39.3. The molecule has 1 aromatic carbocycles. The number of aryl methyl sites for hydroxylation is 1. The molecule has 0 radical (unpaired) electrons. The van der Waals surface area contributed by atoms with Gasteiger partial charge in [-0.3, -0.25) is 9.78 Å². The van der Waals surface area contributed by atoms with Gasteiger partial charge in [-0.15, -0.1) is 0 Å². The van der Waals surface area contributed by atoms with Gasteiger partial charge in [-0.1, -0.05) is 6.07 Å². The number of nitrogens with one attached hydrogen (secondary N) is 1. The molecule has 144 valence electrons. The number of carbonyl (C=O) groups excluding carboxylic acids is 1. The van der Waals surface area contributed by atoms with Gasteiger partial charge in [-0.25, -0.2) is 0 Å². The van der Waals surface area contributed by atoms with Crippen molar-refractivity contribution < 1.29 is 18.0 Å². The minimum atomic E-state index is -4.45. The first-order valence-corrected chi connectivity index (χ1v) is 9.09. The Morgan fingerprint density at radius 3 is 2.56 bits per heavy atom. The van der Waals surface area contributed by atoms with E-state index in [1.54, 1.807) is 12.3 Å². The first-order valence-electron chi connectivity index (χ1n) is 9.09. The molecule has 1 aliphatic rings. The van der Waals surface area contributed by atoms with E-state index in [-0.39, 0.29) is 18.0 Å². The molecule has 0 unspecified atom stereocenters. The molecule has 0 saturated carbocycles. The van der Waals surface area contributed by atoms with Gasteiger partial charge in [-0.2, -0.15) is 13.2 Å². The average Bonchev–Trinajstić information content (AvgIpc) is 2.67. The van der Waals surface area contributed by atoms with E-state index in [1.165, 1.54) is 6.07 Å². The summed E-state index contributed by atoms with van der Waals surface area (Å²) in [6, 6.07) is 9.01. The Kier molecular flexibility index (Phi) is 5.98. The largest absolute Gasteiger partial charge is 0.416 e. The molecule has 0 spiro atoms. The van der Waals surface area contributed by atoms with Crippen LogP contribution in [0.4, 0.5) is 24.5 Å². The number of nitrogens with zero attached hydrogens (tertiary/aromatic N) is 2. The van der Waals surface area contributed by atoms with Crippen molar-refractivity contribution in [1.82, 2.24) is 4.98 Å². The predicted octanol–water partition coefficient (Wildman–Crippen LogP) is 4.66. The number of benzene rings is 1. The van der Waals surface area contributed by atoms with Crippen LogP contribution in [0.15, 0.2) is 42.6 Å². The van der Waals surface area contributed by atoms with Crippen LogP contribution in [0.3, 0.4) is 0 Å². The summed E-state index contributed by atoms with van der Waals surface area (Å²) in [4.78, 5) is 18.5. The fourth-order valence-electron chi connectivity index (χ4n) is 3.22. The number of piperidine rings is 1. The van der Waals surface area contributed by atoms with Gasteiger partial charge in [-0.05, 0) is 56.0 Å². The highest BCUT2D eigenvalue weighted by atomic mass is 19.4. The number of aromatic nitrogens is 1. The van der Waals surface area contributed by atoms with Gasteiger partial charge in [0.25, 0.3) is 0 Å². The summed E-state index contributed by atoms with van der Waals surface area (Å²) in [5.74, 6) is -0.321. The van der Waals surface area contributed by atoms with E-state index in [1.807, 2.05) is 17.0 Å². The molecule has 1 aliphatic heterocycles. The lowest BCUT2D eigenvalue weighted by Crippen LogP contribution is -2.30. The maximum absolute atomic E-state index is 13.1. The van der Waals surface area contributed by atoms with Gasteiger partial charge >= 0.3 is 6.18 Å². The van der Waals surface area contributed by atoms with Crippen molar-refractivity contribution in [2.75, 3.05) is 23.3 Å². The van der Waals surface area contributed by atoms with Crippen molar-refractivity contribution in [3.05, 3.63) is 53.9 Å². The molecular weight excluding hydrogens is 355 g/mol. The number of pyridine rings is 1. The minimum Gasteiger partial charge on any atom is -0.370 e. The third-order valence-electron chi connectivity index (χ3n) is 4.63. The van der Waals surface area contributed by atoms with Gasteiger partial charge in [0.05, 0.1) is 16.9 Å². The van der Waals surface area contributed by atoms with Gasteiger partial charge in [0.1, 0.15) is 0 Å². The Morgan fingerprint density at radius 2 is 1.89 bits per heavy atom. The van der Waals surface area contributed by atoms with Crippen molar-refractivity contribution in [2.24, 2.45) is 0 Å². The SMILES string of the molecule is O=C(CCc1ccccn1)Nc1cc(C(F)(F)F)ccc1N1CCCCC1. The van der Waals surface area contributed by atoms with Crippen LogP contribution in [0.25, 0.3) is 0 Å². The smallest absolute Gasteiger partial charge is 0.370 e. The molecule has 3 rings (SSSR count). The van der Waals surface area contributed by atoms with E-state index in [4.69, 9.17) is 0 Å². The third kappa shape index (κ3) is 5.21. The van der Waals surface area contributed by atoms with Crippen molar-refractivity contribution in [2.45, 2.75) is 38.3 Å². The summed E-state index contributed by atoms with van der Waals surface area (Å²) in [5.41, 5.74) is 0.878. The standard InChI is InChI=1S/C20H22F3N3O/c21-20(22,23)15-7-9-18(26-12-4-1-5-13-26)17(14-15)25-19(27)10-8-16-6-2-3-11-24-16/h2-3,6-7,9,11,14H,1,4-5,8,10,12-13H2,(H,25,27). The quantitative estimate of drug-likeness (QED) is 0.824. The molecule has 0 atom stereocenters. The Morgan fingerprint density at radius 1 is 1.11 bits per heavy atom. The highest BCUT2D eigenvalue weighted by Gasteiger charge is 2.31. The van der Waals surface area contributed by atoms with Crippen molar-refractivity contribution in [1.29, 1.82) is 0 Å². The number of hydrogen-bond acceptors (Lipinski definition) is 3. The Labute approximate surface area is 156 Å². The highest BCUT2D eigenvalue weighted by Crippen LogP contribution is 2.36. The van der Waals surface area contributed by atoms with Crippen LogP contribution in [0.2, 0.25) is 0 Å². The fraction of sp³-hybridized carbons (Fsp3) is 0.400. The van der Waals surface area contributed by atoms with Crippen LogP contribution < -0.4 is 10.2 Å². The molecule has 1 amide bonds. The van der Waals surface area contributed by atoms with E-state index in [0.717, 1.165) is 50.2 Å². The second kappa shape index (κ2) is 8.41. The zero-order valence-corrected chi connectivity index (χ0v) is 14.9. The Hall–Kier alpha value is -2.57. The fourth-order valence-corrected chi connectivity index (χ4v) is 3.22. The number of carbonyl (C=O) groups is 1. The second-order valence-electron chi connectivity index (χ2n) is 6.65. The summed E-state index contributed by atoms with van der Waals surface area (Å²) in [5, 5.41) is 2.68. The number of hydrogen-bond donors (Lipinski definition) is 1. The van der Waals surface area contributed by atoms with Crippen LogP contribution in [-0.2, 0) is 17.4 Å². The zero-order chi connectivity index (χ0) is 19.3. The molecule has 1 fully saturated rings. The van der Waals surface area contributed by atoms with Crippen LogP contribution in [0.1, 0.15) is 36.9 Å². The minimum absolute atomic E-state index is 0.159. The Bertz CT molecular complexity index is 772. The van der Waals surface area contributed by atoms with E-state index in [9.17, 15) is 18.0 Å². The normalized spacial score (nSPS) is 14.9. The molecule has 1 saturated heterocycles. The lowest BCUT2D eigenvalue weighted by molar-refractivity contribution is -0.137. The summed E-state index contributed by atoms with van der Waals surface area (Å²) in [7, 11) is 0. The molecule has 1 aromatic heterocycles. The van der Waals surface area contributed by atoms with Gasteiger partial charge in [0, 0.05) is 31.4 Å². The van der Waals surface area contributed by atoms with Crippen LogP contribution in [0.5, 0.6) is 0 Å². The van der Waals surface area contributed by atoms with Gasteiger partial charge in [0.2, 0.25) is 5.91 Å². The van der Waals surface area contributed by atoms with Gasteiger partial charge < -0.3 is 10.2 Å². The number of halogens is 3. The molecule has 0 bridgehead atoms. The summed E-state index contributed by atoms with van der Waals surface area (Å²) >= 11 is 0. The van der Waals surface area contributed by atoms with E-state index in [2.05, 4.69) is 10.3 Å². The first kappa shape index (κ1) is 19.2. The topological polar surface area (TPSA) is 45.2 Å². The van der Waals surface area contributed by atoms with Crippen LogP contribution in [-0.4, -0.2) is 24.0 Å². The van der Waals surface area contributed by atoms with Crippen molar-refractivity contribution in [3.63, 3.8) is 0 Å². The molecule has 1 N–H and O–H groups in total. The molecule has 4 nitrogen and oxygen atoms in total. The first-order chi connectivity index (χ1) is 12.9. The molecule has 2 heterocycles. The number of anilines is 2. The second-order valence-corrected chi connectivity index (χ2v) is 6.65. The lowest BCUT2D eigenvalue weighted by atomic mass is 10.1. The average molecular weight is 377 g/mol. The van der Waals surface area contributed by atoms with Crippen molar-refractivity contribution >= 4 is 17.3 Å². The van der Waals surface area contributed by atoms with Crippen molar-refractivity contribution in [3.8, 4) is 0 Å². The number of amides is 1. The van der Waals surface area contributed by atoms with E-state index in [0.29, 0.717) is 12.1 Å².